The average molecular weight is 1300 g/mol. The van der Waals surface area contributed by atoms with Crippen molar-refractivity contribution in [2.45, 2.75) is 328 Å². The Bertz CT molecular complexity index is 2020. The maximum atomic E-state index is 12.9. The summed E-state index contributed by atoms with van der Waals surface area (Å²) in [4.78, 5) is 35.9. The van der Waals surface area contributed by atoms with Gasteiger partial charge in [0.1, 0.15) is 19.8 Å². The van der Waals surface area contributed by atoms with Crippen LogP contribution in [0.3, 0.4) is 0 Å². The number of allylic oxidation sites excluding steroid dienone is 22. The molecule has 9 nitrogen and oxygen atoms in total. The summed E-state index contributed by atoms with van der Waals surface area (Å²) in [7, 11) is 1.46. The molecule has 0 aromatic rings. The summed E-state index contributed by atoms with van der Waals surface area (Å²) < 4.78 is 34.7. The zero-order chi connectivity index (χ0) is 66.9. The van der Waals surface area contributed by atoms with Crippen molar-refractivity contribution >= 4 is 19.8 Å². The monoisotopic (exact) mass is 1300 g/mol. The molecule has 2 unspecified atom stereocenters. The maximum absolute atomic E-state index is 12.9. The average Bonchev–Trinajstić information content (AvgIpc) is 2.14. The summed E-state index contributed by atoms with van der Waals surface area (Å²) in [6.45, 7) is 4.20. The van der Waals surface area contributed by atoms with Gasteiger partial charge in [0.05, 0.1) is 27.7 Å². The molecular formula is C82H143NO8P+. The van der Waals surface area contributed by atoms with Gasteiger partial charge in [-0.3, -0.25) is 18.6 Å². The lowest BCUT2D eigenvalue weighted by Crippen LogP contribution is -2.37. The van der Waals surface area contributed by atoms with E-state index in [9.17, 15) is 19.0 Å². The molecule has 0 spiro atoms. The number of quaternary nitrogens is 1. The number of carbonyl (C=O) groups excluding carboxylic acids is 2. The fourth-order valence-corrected chi connectivity index (χ4v) is 11.2. The van der Waals surface area contributed by atoms with E-state index in [2.05, 4.69) is 148 Å². The Balaban J connectivity index is 3.97. The highest BCUT2D eigenvalue weighted by atomic mass is 31.2. The molecule has 0 radical (unpaired) electrons. The Hall–Kier alpha value is -3.85. The third-order valence-electron chi connectivity index (χ3n) is 16.2. The third-order valence-corrected chi connectivity index (χ3v) is 17.2. The van der Waals surface area contributed by atoms with Gasteiger partial charge in [0, 0.05) is 12.8 Å². The van der Waals surface area contributed by atoms with E-state index < -0.39 is 26.5 Å². The zero-order valence-corrected chi connectivity index (χ0v) is 61.1. The first kappa shape index (κ1) is 88.2. The second-order valence-electron chi connectivity index (χ2n) is 26.3. The van der Waals surface area contributed by atoms with Crippen LogP contribution in [-0.2, 0) is 32.7 Å². The molecule has 0 saturated heterocycles. The smallest absolute Gasteiger partial charge is 0.462 e. The molecule has 0 aliphatic heterocycles. The van der Waals surface area contributed by atoms with Crippen LogP contribution in [-0.4, -0.2) is 74.9 Å². The number of phosphoric ester groups is 1. The highest BCUT2D eigenvalue weighted by molar-refractivity contribution is 7.47. The van der Waals surface area contributed by atoms with Crippen LogP contribution in [0.1, 0.15) is 322 Å². The number of hydrogen-bond donors (Lipinski definition) is 1. The van der Waals surface area contributed by atoms with E-state index in [1.54, 1.807) is 0 Å². The molecular weight excluding hydrogens is 1160 g/mol. The number of phosphoric acid groups is 1. The predicted molar refractivity (Wildman–Crippen MR) is 399 cm³/mol. The van der Waals surface area contributed by atoms with Crippen molar-refractivity contribution in [3.05, 3.63) is 134 Å². The Kier molecular flexibility index (Phi) is 68.5. The van der Waals surface area contributed by atoms with Crippen molar-refractivity contribution in [2.24, 2.45) is 0 Å². The van der Waals surface area contributed by atoms with E-state index in [1.165, 1.54) is 167 Å². The van der Waals surface area contributed by atoms with Gasteiger partial charge in [-0.1, -0.05) is 334 Å². The van der Waals surface area contributed by atoms with Crippen LogP contribution in [0.15, 0.2) is 134 Å². The van der Waals surface area contributed by atoms with Crippen molar-refractivity contribution in [2.75, 3.05) is 47.5 Å². The molecule has 1 N–H and O–H groups in total. The van der Waals surface area contributed by atoms with Gasteiger partial charge in [-0.15, -0.1) is 0 Å². The molecule has 2 atom stereocenters. The first-order valence-electron chi connectivity index (χ1n) is 37.9. The third kappa shape index (κ3) is 75.2. The van der Waals surface area contributed by atoms with E-state index in [-0.39, 0.29) is 32.0 Å². The normalized spacial score (nSPS) is 13.8. The van der Waals surface area contributed by atoms with E-state index >= 15 is 0 Å². The van der Waals surface area contributed by atoms with Gasteiger partial charge in [-0.2, -0.15) is 0 Å². The number of hydrogen-bond acceptors (Lipinski definition) is 7. The van der Waals surface area contributed by atoms with E-state index in [1.807, 2.05) is 21.1 Å². The molecule has 10 heteroatoms. The zero-order valence-electron chi connectivity index (χ0n) is 60.2. The van der Waals surface area contributed by atoms with Gasteiger partial charge in [0.15, 0.2) is 6.10 Å². The molecule has 0 aliphatic carbocycles. The Morgan fingerprint density at radius 3 is 0.870 bits per heavy atom. The molecule has 0 saturated carbocycles. The van der Waals surface area contributed by atoms with E-state index in [0.717, 1.165) is 122 Å². The maximum Gasteiger partial charge on any atom is 0.472 e. The fraction of sp³-hybridized carbons (Fsp3) is 0.707. The van der Waals surface area contributed by atoms with E-state index in [0.29, 0.717) is 17.4 Å². The Labute approximate surface area is 568 Å². The lowest BCUT2D eigenvalue weighted by atomic mass is 10.0. The Morgan fingerprint density at radius 2 is 0.587 bits per heavy atom. The molecule has 0 rings (SSSR count). The van der Waals surface area contributed by atoms with Gasteiger partial charge in [0.25, 0.3) is 0 Å². The van der Waals surface area contributed by atoms with Crippen molar-refractivity contribution in [3.8, 4) is 0 Å². The summed E-state index contributed by atoms with van der Waals surface area (Å²) >= 11 is 0. The summed E-state index contributed by atoms with van der Waals surface area (Å²) in [6.07, 6.45) is 104. The van der Waals surface area contributed by atoms with Crippen LogP contribution in [0.2, 0.25) is 0 Å². The molecule has 0 heterocycles. The minimum atomic E-state index is -4.41. The molecule has 0 fully saturated rings. The van der Waals surface area contributed by atoms with Gasteiger partial charge < -0.3 is 18.9 Å². The van der Waals surface area contributed by atoms with Crippen molar-refractivity contribution in [3.63, 3.8) is 0 Å². The topological polar surface area (TPSA) is 108 Å². The molecule has 0 aliphatic rings. The largest absolute Gasteiger partial charge is 0.472 e. The molecule has 528 valence electrons. The fourth-order valence-electron chi connectivity index (χ4n) is 10.5. The summed E-state index contributed by atoms with van der Waals surface area (Å²) in [5, 5.41) is 0. The quantitative estimate of drug-likeness (QED) is 0.0211. The number of rotatable bonds is 69. The predicted octanol–water partition coefficient (Wildman–Crippen LogP) is 25.2. The van der Waals surface area contributed by atoms with Gasteiger partial charge in [0.2, 0.25) is 0 Å². The summed E-state index contributed by atoms with van der Waals surface area (Å²) in [5.74, 6) is -0.815. The lowest BCUT2D eigenvalue weighted by molar-refractivity contribution is -0.870. The van der Waals surface area contributed by atoms with E-state index in [4.69, 9.17) is 18.5 Å². The SMILES string of the molecule is CC/C=C\C/C=C\C/C=C\C/C=C\C/C=C\C/C=C\C/C=C\CCCCCCCC(=O)OC(COC(=O)CCCCCCCCCCCCCCCCCCCCCCCCCCCCCC/C=C\C/C=C\C/C=C\C/C=C\CC)COP(=O)(O)OCC[N+](C)(C)C. The Morgan fingerprint density at radius 1 is 0.337 bits per heavy atom. The van der Waals surface area contributed by atoms with Crippen molar-refractivity contribution < 1.29 is 42.1 Å². The second-order valence-corrected chi connectivity index (χ2v) is 27.7. The molecule has 0 aromatic heterocycles. The number of carbonyl (C=O) groups is 2. The van der Waals surface area contributed by atoms with Crippen molar-refractivity contribution in [1.29, 1.82) is 0 Å². The number of likely N-dealkylation sites (N-methyl/N-ethyl adjacent to an activating group) is 1. The van der Waals surface area contributed by atoms with Crippen LogP contribution < -0.4 is 0 Å². The highest BCUT2D eigenvalue weighted by Crippen LogP contribution is 2.43. The van der Waals surface area contributed by atoms with Gasteiger partial charge in [-0.25, -0.2) is 4.57 Å². The van der Waals surface area contributed by atoms with Crippen LogP contribution in [0.4, 0.5) is 0 Å². The molecule has 0 aromatic carbocycles. The number of nitrogens with zero attached hydrogens (tertiary/aromatic N) is 1. The molecule has 92 heavy (non-hydrogen) atoms. The summed E-state index contributed by atoms with van der Waals surface area (Å²) in [5.41, 5.74) is 0. The van der Waals surface area contributed by atoms with Crippen molar-refractivity contribution in [1.82, 2.24) is 0 Å². The van der Waals surface area contributed by atoms with Crippen LogP contribution in [0.25, 0.3) is 0 Å². The molecule has 0 bridgehead atoms. The van der Waals surface area contributed by atoms with Crippen LogP contribution >= 0.6 is 7.82 Å². The van der Waals surface area contributed by atoms with Gasteiger partial charge >= 0.3 is 19.8 Å². The number of esters is 2. The second kappa shape index (κ2) is 71.4. The summed E-state index contributed by atoms with van der Waals surface area (Å²) in [6, 6.07) is 0. The lowest BCUT2D eigenvalue weighted by Gasteiger charge is -2.24. The minimum Gasteiger partial charge on any atom is -0.462 e. The van der Waals surface area contributed by atoms with Gasteiger partial charge in [-0.05, 0) is 109 Å². The molecule has 0 amide bonds. The minimum absolute atomic E-state index is 0.0229. The number of unbranched alkanes of at least 4 members (excludes halogenated alkanes) is 33. The first-order valence-corrected chi connectivity index (χ1v) is 39.4. The van der Waals surface area contributed by atoms with Crippen LogP contribution in [0, 0.1) is 0 Å². The standard InChI is InChI=1S/C82H142NO8P/c1-6-8-10-12-14-16-18-20-22-24-26-28-30-32-34-35-36-37-38-39-40-41-42-43-44-45-46-47-49-50-52-54-56-58-60-62-64-66-68-70-72-74-81(84)88-78-80(79-90-92(86,87)89-77-76-83(3,4)5)91-82(85)75-73-71-69-67-65-63-61-59-57-55-53-51-48-33-31-29-27-25-23-21-19-17-15-13-11-9-7-2/h8-11,14-17,20-23,26-29,33,48,53,55,59,61,80H,6-7,12-13,18-19,24-25,30-32,34-47,49-52,54,56-58,60,62-79H2,1-5H3/p+1/b10-8-,11-9-,16-14-,17-15-,22-20-,23-21-,28-26-,29-27-,48-33-,55-53-,61-59-. The number of ether oxygens (including phenoxy) is 2. The highest BCUT2D eigenvalue weighted by Gasteiger charge is 2.27. The van der Waals surface area contributed by atoms with Crippen LogP contribution in [0.5, 0.6) is 0 Å². The first-order chi connectivity index (χ1) is 45.0.